The zero-order valence-corrected chi connectivity index (χ0v) is 11.7. The summed E-state index contributed by atoms with van der Waals surface area (Å²) in [6, 6.07) is 0. The van der Waals surface area contributed by atoms with Crippen LogP contribution in [0.3, 0.4) is 0 Å². The second-order valence-electron chi connectivity index (χ2n) is 6.06. The Labute approximate surface area is 110 Å². The molecule has 104 valence electrons. The fourth-order valence-corrected chi connectivity index (χ4v) is 2.49. The van der Waals surface area contributed by atoms with Crippen LogP contribution in [0, 0.1) is 11.3 Å². The lowest BCUT2D eigenvalue weighted by Gasteiger charge is -2.36. The fourth-order valence-electron chi connectivity index (χ4n) is 2.49. The summed E-state index contributed by atoms with van der Waals surface area (Å²) in [4.78, 5) is 14.2. The number of nitrogens with one attached hydrogen (secondary N) is 1. The van der Waals surface area contributed by atoms with E-state index < -0.39 is 0 Å². The van der Waals surface area contributed by atoms with E-state index in [0.29, 0.717) is 13.2 Å². The SMILES string of the molecule is CN(CCOCC1CC1)C(=O)C1(C)CCNCC1. The van der Waals surface area contributed by atoms with Gasteiger partial charge >= 0.3 is 0 Å². The minimum Gasteiger partial charge on any atom is -0.379 e. The van der Waals surface area contributed by atoms with E-state index in [9.17, 15) is 4.79 Å². The number of piperidine rings is 1. The summed E-state index contributed by atoms with van der Waals surface area (Å²) in [5.41, 5.74) is -0.170. The van der Waals surface area contributed by atoms with Gasteiger partial charge in [0.25, 0.3) is 0 Å². The normalized spacial score (nSPS) is 22.8. The Morgan fingerprint density at radius 3 is 2.67 bits per heavy atom. The summed E-state index contributed by atoms with van der Waals surface area (Å²) in [6.45, 7) is 6.27. The zero-order valence-electron chi connectivity index (χ0n) is 11.7. The van der Waals surface area contributed by atoms with Gasteiger partial charge < -0.3 is 15.0 Å². The maximum absolute atomic E-state index is 12.4. The molecule has 2 fully saturated rings. The minimum absolute atomic E-state index is 0.170. The predicted octanol–water partition coefficient (Wildman–Crippen LogP) is 1.26. The molecule has 0 radical (unpaired) electrons. The highest BCUT2D eigenvalue weighted by molar-refractivity contribution is 5.82. The van der Waals surface area contributed by atoms with Crippen LogP contribution >= 0.6 is 0 Å². The molecule has 0 bridgehead atoms. The first-order chi connectivity index (χ1) is 8.62. The van der Waals surface area contributed by atoms with E-state index in [0.717, 1.165) is 38.5 Å². The number of amides is 1. The Hall–Kier alpha value is -0.610. The third-order valence-electron chi connectivity index (χ3n) is 4.19. The van der Waals surface area contributed by atoms with Crippen LogP contribution in [0.5, 0.6) is 0 Å². The number of carbonyl (C=O) groups excluding carboxylic acids is 1. The molecular formula is C14H26N2O2. The number of hydrogen-bond acceptors (Lipinski definition) is 3. The van der Waals surface area contributed by atoms with Gasteiger partial charge in [-0.2, -0.15) is 0 Å². The zero-order chi connectivity index (χ0) is 13.0. The Kier molecular flexibility index (Phi) is 4.62. The molecular weight excluding hydrogens is 228 g/mol. The van der Waals surface area contributed by atoms with Gasteiger partial charge in [-0.3, -0.25) is 4.79 Å². The molecule has 0 spiro atoms. The third kappa shape index (κ3) is 3.69. The molecule has 0 atom stereocenters. The summed E-state index contributed by atoms with van der Waals surface area (Å²) in [6.07, 6.45) is 4.53. The van der Waals surface area contributed by atoms with Crippen LogP contribution in [0.2, 0.25) is 0 Å². The van der Waals surface area contributed by atoms with E-state index in [2.05, 4.69) is 12.2 Å². The maximum atomic E-state index is 12.4. The first-order valence-corrected chi connectivity index (χ1v) is 7.16. The van der Waals surface area contributed by atoms with Crippen molar-refractivity contribution >= 4 is 5.91 Å². The number of likely N-dealkylation sites (N-methyl/N-ethyl adjacent to an activating group) is 1. The molecule has 1 heterocycles. The van der Waals surface area contributed by atoms with Gasteiger partial charge in [0, 0.05) is 25.6 Å². The second kappa shape index (κ2) is 6.02. The molecule has 0 aromatic carbocycles. The fraction of sp³-hybridized carbons (Fsp3) is 0.929. The van der Waals surface area contributed by atoms with Gasteiger partial charge in [0.1, 0.15) is 0 Å². The van der Waals surface area contributed by atoms with E-state index in [-0.39, 0.29) is 11.3 Å². The number of carbonyl (C=O) groups is 1. The summed E-state index contributed by atoms with van der Waals surface area (Å²) >= 11 is 0. The van der Waals surface area contributed by atoms with Crippen molar-refractivity contribution in [3.05, 3.63) is 0 Å². The molecule has 1 aliphatic heterocycles. The maximum Gasteiger partial charge on any atom is 0.228 e. The molecule has 1 amide bonds. The Balaban J connectivity index is 1.69. The Morgan fingerprint density at radius 2 is 2.06 bits per heavy atom. The topological polar surface area (TPSA) is 41.6 Å². The standard InChI is InChI=1S/C14H26N2O2/c1-14(5-7-15-8-6-14)13(17)16(2)9-10-18-11-12-3-4-12/h12,15H,3-11H2,1-2H3. The van der Waals surface area contributed by atoms with Crippen molar-refractivity contribution in [2.75, 3.05) is 39.9 Å². The van der Waals surface area contributed by atoms with Gasteiger partial charge in [-0.25, -0.2) is 0 Å². The monoisotopic (exact) mass is 254 g/mol. The predicted molar refractivity (Wildman–Crippen MR) is 71.4 cm³/mol. The van der Waals surface area contributed by atoms with E-state index in [1.54, 1.807) is 0 Å². The van der Waals surface area contributed by atoms with Crippen LogP contribution in [0.25, 0.3) is 0 Å². The highest BCUT2D eigenvalue weighted by Crippen LogP contribution is 2.30. The molecule has 4 heteroatoms. The molecule has 2 aliphatic rings. The van der Waals surface area contributed by atoms with Gasteiger partial charge in [0.2, 0.25) is 5.91 Å². The molecule has 0 unspecified atom stereocenters. The number of rotatable bonds is 6. The quantitative estimate of drug-likeness (QED) is 0.726. The molecule has 1 aliphatic carbocycles. The van der Waals surface area contributed by atoms with Crippen molar-refractivity contribution < 1.29 is 9.53 Å². The van der Waals surface area contributed by atoms with E-state index in [1.165, 1.54) is 12.8 Å². The largest absolute Gasteiger partial charge is 0.379 e. The van der Waals surface area contributed by atoms with Crippen LogP contribution in [-0.2, 0) is 9.53 Å². The summed E-state index contributed by atoms with van der Waals surface area (Å²) in [5.74, 6) is 1.08. The lowest BCUT2D eigenvalue weighted by atomic mass is 9.80. The summed E-state index contributed by atoms with van der Waals surface area (Å²) < 4.78 is 5.59. The Morgan fingerprint density at radius 1 is 1.39 bits per heavy atom. The molecule has 4 nitrogen and oxygen atoms in total. The molecule has 1 saturated carbocycles. The van der Waals surface area contributed by atoms with Crippen LogP contribution in [0.1, 0.15) is 32.6 Å². The van der Waals surface area contributed by atoms with Crippen molar-refractivity contribution in [1.29, 1.82) is 0 Å². The van der Waals surface area contributed by atoms with Crippen molar-refractivity contribution in [3.8, 4) is 0 Å². The highest BCUT2D eigenvalue weighted by atomic mass is 16.5. The molecule has 1 saturated heterocycles. The molecule has 0 aromatic rings. The molecule has 2 rings (SSSR count). The summed E-state index contributed by atoms with van der Waals surface area (Å²) in [7, 11) is 1.90. The summed E-state index contributed by atoms with van der Waals surface area (Å²) in [5, 5.41) is 3.31. The lowest BCUT2D eigenvalue weighted by Crippen LogP contribution is -2.47. The lowest BCUT2D eigenvalue weighted by molar-refractivity contribution is -0.142. The minimum atomic E-state index is -0.170. The highest BCUT2D eigenvalue weighted by Gasteiger charge is 2.36. The third-order valence-corrected chi connectivity index (χ3v) is 4.19. The van der Waals surface area contributed by atoms with Gasteiger partial charge in [-0.05, 0) is 44.7 Å². The first kappa shape index (κ1) is 13.8. The molecule has 0 aromatic heterocycles. The van der Waals surface area contributed by atoms with Gasteiger partial charge in [-0.1, -0.05) is 6.92 Å². The van der Waals surface area contributed by atoms with Crippen molar-refractivity contribution in [3.63, 3.8) is 0 Å². The van der Waals surface area contributed by atoms with Crippen molar-refractivity contribution in [2.24, 2.45) is 11.3 Å². The smallest absolute Gasteiger partial charge is 0.228 e. The van der Waals surface area contributed by atoms with Crippen molar-refractivity contribution in [2.45, 2.75) is 32.6 Å². The number of nitrogens with zero attached hydrogens (tertiary/aromatic N) is 1. The van der Waals surface area contributed by atoms with Crippen LogP contribution in [0.4, 0.5) is 0 Å². The second-order valence-corrected chi connectivity index (χ2v) is 6.06. The number of hydrogen-bond donors (Lipinski definition) is 1. The van der Waals surface area contributed by atoms with E-state index in [4.69, 9.17) is 4.74 Å². The molecule has 1 N–H and O–H groups in total. The van der Waals surface area contributed by atoms with Crippen LogP contribution in [-0.4, -0.2) is 50.7 Å². The van der Waals surface area contributed by atoms with Crippen molar-refractivity contribution in [1.82, 2.24) is 10.2 Å². The average molecular weight is 254 g/mol. The van der Waals surface area contributed by atoms with Crippen LogP contribution in [0.15, 0.2) is 0 Å². The van der Waals surface area contributed by atoms with Gasteiger partial charge in [0.15, 0.2) is 0 Å². The average Bonchev–Trinajstić information content (AvgIpc) is 3.18. The van der Waals surface area contributed by atoms with E-state index in [1.807, 2.05) is 11.9 Å². The first-order valence-electron chi connectivity index (χ1n) is 7.16. The van der Waals surface area contributed by atoms with Gasteiger partial charge in [-0.15, -0.1) is 0 Å². The van der Waals surface area contributed by atoms with Gasteiger partial charge in [0.05, 0.1) is 6.61 Å². The molecule has 18 heavy (non-hydrogen) atoms. The Bertz CT molecular complexity index is 284. The van der Waals surface area contributed by atoms with Crippen LogP contribution < -0.4 is 5.32 Å². The van der Waals surface area contributed by atoms with E-state index >= 15 is 0 Å². The number of ether oxygens (including phenoxy) is 1.